The number of carbonyl (C=O) groups excluding carboxylic acids is 1. The number of ether oxygens (including phenoxy) is 1. The van der Waals surface area contributed by atoms with Crippen molar-refractivity contribution >= 4 is 11.7 Å². The molecule has 24 heavy (non-hydrogen) atoms. The third-order valence-corrected chi connectivity index (χ3v) is 3.87. The molecule has 6 heteroatoms. The maximum Gasteiger partial charge on any atom is 0.414 e. The Labute approximate surface area is 147 Å². The number of hydrogen-bond donors (Lipinski definition) is 0. The summed E-state index contributed by atoms with van der Waals surface area (Å²) in [5, 5.41) is 0. The number of benzene rings is 1. The van der Waals surface area contributed by atoms with Crippen LogP contribution in [0.4, 0.5) is 4.79 Å². The SMILES string of the molecule is Cc1cccc2n1cc(-c1cccc(OC(=O)N(C)C)c1)[n+]2C.[Cl-]. The summed E-state index contributed by atoms with van der Waals surface area (Å²) in [6, 6.07) is 13.8. The average Bonchev–Trinajstić information content (AvgIpc) is 2.86. The molecule has 3 rings (SSSR count). The van der Waals surface area contributed by atoms with Crippen molar-refractivity contribution in [2.75, 3.05) is 14.1 Å². The van der Waals surface area contributed by atoms with Crippen LogP contribution in [0.1, 0.15) is 5.69 Å². The number of pyridine rings is 1. The number of halogens is 1. The van der Waals surface area contributed by atoms with E-state index in [4.69, 9.17) is 4.74 Å². The van der Waals surface area contributed by atoms with Crippen molar-refractivity contribution in [2.24, 2.45) is 7.05 Å². The fourth-order valence-electron chi connectivity index (χ4n) is 2.57. The van der Waals surface area contributed by atoms with Gasteiger partial charge >= 0.3 is 6.09 Å². The van der Waals surface area contributed by atoms with Crippen LogP contribution in [0.3, 0.4) is 0 Å². The Morgan fingerprint density at radius 1 is 1.17 bits per heavy atom. The van der Waals surface area contributed by atoms with Crippen molar-refractivity contribution in [3.05, 3.63) is 54.4 Å². The van der Waals surface area contributed by atoms with Crippen LogP contribution in [0, 0.1) is 6.92 Å². The van der Waals surface area contributed by atoms with Crippen LogP contribution < -0.4 is 21.7 Å². The molecular weight excluding hydrogens is 326 g/mol. The number of fused-ring (bicyclic) bond motifs is 1. The lowest BCUT2D eigenvalue weighted by molar-refractivity contribution is -0.633. The van der Waals surface area contributed by atoms with Gasteiger partial charge in [-0.05, 0) is 25.1 Å². The van der Waals surface area contributed by atoms with Crippen molar-refractivity contribution in [2.45, 2.75) is 6.92 Å². The molecule has 0 aliphatic carbocycles. The summed E-state index contributed by atoms with van der Waals surface area (Å²) in [5.41, 5.74) is 4.33. The summed E-state index contributed by atoms with van der Waals surface area (Å²) in [6.07, 6.45) is 1.71. The van der Waals surface area contributed by atoms with Gasteiger partial charge in [0.15, 0.2) is 5.69 Å². The molecule has 0 bridgehead atoms. The molecule has 2 aromatic heterocycles. The molecule has 0 unspecified atom stereocenters. The van der Waals surface area contributed by atoms with Gasteiger partial charge in [-0.25, -0.2) is 9.36 Å². The van der Waals surface area contributed by atoms with E-state index < -0.39 is 0 Å². The summed E-state index contributed by atoms with van der Waals surface area (Å²) >= 11 is 0. The standard InChI is InChI=1S/C18H20N3O2.ClH/c1-13-7-5-10-17-20(4)16(12-21(13)17)14-8-6-9-15(11-14)23-18(22)19(2)3;/h5-12H,1-4H3;1H/q+1;/p-1. The molecule has 0 spiro atoms. The zero-order valence-electron chi connectivity index (χ0n) is 14.2. The normalized spacial score (nSPS) is 10.3. The third kappa shape index (κ3) is 3.21. The maximum absolute atomic E-state index is 11.7. The molecule has 3 aromatic rings. The third-order valence-electron chi connectivity index (χ3n) is 3.87. The van der Waals surface area contributed by atoms with E-state index >= 15 is 0 Å². The first-order valence-corrected chi connectivity index (χ1v) is 7.43. The van der Waals surface area contributed by atoms with Crippen molar-refractivity contribution < 1.29 is 26.5 Å². The molecule has 126 valence electrons. The van der Waals surface area contributed by atoms with Crippen LogP contribution in [0.2, 0.25) is 0 Å². The summed E-state index contributed by atoms with van der Waals surface area (Å²) < 4.78 is 9.62. The Morgan fingerprint density at radius 3 is 2.54 bits per heavy atom. The lowest BCUT2D eigenvalue weighted by atomic mass is 10.1. The van der Waals surface area contributed by atoms with Gasteiger partial charge in [0.1, 0.15) is 17.6 Å². The first-order valence-electron chi connectivity index (χ1n) is 7.43. The predicted octanol–water partition coefficient (Wildman–Crippen LogP) is -0.196. The highest BCUT2D eigenvalue weighted by Gasteiger charge is 2.18. The van der Waals surface area contributed by atoms with Gasteiger partial charge in [-0.15, -0.1) is 0 Å². The van der Waals surface area contributed by atoms with E-state index in [2.05, 4.69) is 34.2 Å². The number of nitrogens with zero attached hydrogens (tertiary/aromatic N) is 3. The van der Waals surface area contributed by atoms with E-state index in [0.717, 1.165) is 16.9 Å². The number of amides is 1. The molecule has 1 aromatic carbocycles. The molecule has 0 atom stereocenters. The molecule has 0 N–H and O–H groups in total. The largest absolute Gasteiger partial charge is 1.00 e. The van der Waals surface area contributed by atoms with Gasteiger partial charge in [0.2, 0.25) is 0 Å². The Balaban J connectivity index is 0.00000208. The number of aryl methyl sites for hydroxylation is 2. The summed E-state index contributed by atoms with van der Waals surface area (Å²) in [7, 11) is 5.35. The van der Waals surface area contributed by atoms with Crippen molar-refractivity contribution in [3.8, 4) is 17.0 Å². The molecule has 5 nitrogen and oxygen atoms in total. The van der Waals surface area contributed by atoms with Gasteiger partial charge in [-0.2, -0.15) is 4.40 Å². The van der Waals surface area contributed by atoms with Crippen molar-refractivity contribution in [3.63, 3.8) is 0 Å². The second kappa shape index (κ2) is 6.93. The summed E-state index contributed by atoms with van der Waals surface area (Å²) in [5.74, 6) is 0.535. The van der Waals surface area contributed by atoms with Gasteiger partial charge in [0, 0.05) is 25.7 Å². The second-order valence-corrected chi connectivity index (χ2v) is 5.76. The Morgan fingerprint density at radius 2 is 1.88 bits per heavy atom. The molecule has 2 heterocycles. The van der Waals surface area contributed by atoms with Gasteiger partial charge in [0.05, 0.1) is 7.05 Å². The zero-order chi connectivity index (χ0) is 16.6. The highest BCUT2D eigenvalue weighted by molar-refractivity contribution is 5.71. The van der Waals surface area contributed by atoms with Crippen molar-refractivity contribution in [1.29, 1.82) is 0 Å². The molecule has 0 saturated carbocycles. The smallest absolute Gasteiger partial charge is 0.414 e. The maximum atomic E-state index is 11.7. The number of aromatic nitrogens is 2. The Kier molecular flexibility index (Phi) is 5.14. The molecule has 0 aliphatic heterocycles. The second-order valence-electron chi connectivity index (χ2n) is 5.76. The molecular formula is C18H20ClN3O2. The van der Waals surface area contributed by atoms with Crippen molar-refractivity contribution in [1.82, 2.24) is 9.30 Å². The van der Waals surface area contributed by atoms with Gasteiger partial charge < -0.3 is 22.0 Å². The molecule has 0 aliphatic rings. The zero-order valence-corrected chi connectivity index (χ0v) is 14.9. The lowest BCUT2D eigenvalue weighted by Gasteiger charge is -2.10. The van der Waals surface area contributed by atoms with Crippen LogP contribution in [0.5, 0.6) is 5.75 Å². The lowest BCUT2D eigenvalue weighted by Crippen LogP contribution is -3.00. The van der Waals surface area contributed by atoms with Gasteiger partial charge in [0.25, 0.3) is 5.65 Å². The number of imidazole rings is 1. The quantitative estimate of drug-likeness (QED) is 0.604. The topological polar surface area (TPSA) is 37.8 Å². The van der Waals surface area contributed by atoms with Gasteiger partial charge in [-0.1, -0.05) is 18.2 Å². The first kappa shape index (κ1) is 17.8. The minimum absolute atomic E-state index is 0. The van der Waals surface area contributed by atoms with E-state index in [9.17, 15) is 4.79 Å². The molecule has 0 fully saturated rings. The first-order chi connectivity index (χ1) is 11.0. The number of hydrogen-bond acceptors (Lipinski definition) is 2. The van der Waals surface area contributed by atoms with Crippen LogP contribution in [0.15, 0.2) is 48.7 Å². The van der Waals surface area contributed by atoms with Crippen LogP contribution >= 0.6 is 0 Å². The average molecular weight is 346 g/mol. The van der Waals surface area contributed by atoms with E-state index in [1.165, 1.54) is 10.6 Å². The monoisotopic (exact) mass is 345 g/mol. The number of carbonyl (C=O) groups is 1. The Bertz CT molecular complexity index is 887. The minimum atomic E-state index is -0.385. The summed E-state index contributed by atoms with van der Waals surface area (Å²) in [6.45, 7) is 2.08. The molecule has 1 amide bonds. The van der Waals surface area contributed by atoms with E-state index in [-0.39, 0.29) is 18.5 Å². The van der Waals surface area contributed by atoms with Crippen LogP contribution in [-0.2, 0) is 7.05 Å². The van der Waals surface area contributed by atoms with E-state index in [0.29, 0.717) is 5.75 Å². The predicted molar refractivity (Wildman–Crippen MR) is 88.5 cm³/mol. The van der Waals surface area contributed by atoms with Gasteiger partial charge in [-0.3, -0.25) is 0 Å². The molecule has 0 saturated heterocycles. The summed E-state index contributed by atoms with van der Waals surface area (Å²) in [4.78, 5) is 13.1. The van der Waals surface area contributed by atoms with Crippen LogP contribution in [0.25, 0.3) is 16.9 Å². The highest BCUT2D eigenvalue weighted by Crippen LogP contribution is 2.23. The van der Waals surface area contributed by atoms with E-state index in [1.54, 1.807) is 20.2 Å². The minimum Gasteiger partial charge on any atom is -1.00 e. The number of rotatable bonds is 2. The highest BCUT2D eigenvalue weighted by atomic mass is 35.5. The fourth-order valence-corrected chi connectivity index (χ4v) is 2.57. The van der Waals surface area contributed by atoms with Crippen LogP contribution in [-0.4, -0.2) is 29.5 Å². The van der Waals surface area contributed by atoms with E-state index in [1.807, 2.05) is 31.3 Å². The Hall–Kier alpha value is -2.53. The fraction of sp³-hybridized carbons (Fsp3) is 0.222. The molecule has 0 radical (unpaired) electrons.